The Morgan fingerprint density at radius 3 is 2.90 bits per heavy atom. The summed E-state index contributed by atoms with van der Waals surface area (Å²) in [5.41, 5.74) is 0. The zero-order valence-corrected chi connectivity index (χ0v) is 12.9. The molecule has 1 aliphatic heterocycles. The van der Waals surface area contributed by atoms with E-state index in [1.165, 1.54) is 32.1 Å². The van der Waals surface area contributed by atoms with Crippen LogP contribution >= 0.6 is 0 Å². The molecule has 2 heterocycles. The summed E-state index contributed by atoms with van der Waals surface area (Å²) < 4.78 is 5.51. The summed E-state index contributed by atoms with van der Waals surface area (Å²) in [6, 6.07) is 0. The van der Waals surface area contributed by atoms with E-state index >= 15 is 0 Å². The maximum atomic E-state index is 5.51. The minimum atomic E-state index is 0.754. The molecule has 0 spiro atoms. The Bertz CT molecular complexity index is 424. The van der Waals surface area contributed by atoms with Gasteiger partial charge in [0.25, 0.3) is 0 Å². The highest BCUT2D eigenvalue weighted by molar-refractivity contribution is 5.64. The van der Waals surface area contributed by atoms with E-state index in [0.717, 1.165) is 36.4 Å². The molecule has 1 aromatic rings. The largest absolute Gasteiger partial charge is 0.490 e. The summed E-state index contributed by atoms with van der Waals surface area (Å²) in [7, 11) is 3.54. The van der Waals surface area contributed by atoms with Gasteiger partial charge >= 0.3 is 0 Å². The van der Waals surface area contributed by atoms with Gasteiger partial charge in [-0.15, -0.1) is 0 Å². The van der Waals surface area contributed by atoms with Gasteiger partial charge in [0.15, 0.2) is 11.6 Å². The molecule has 1 N–H and O–H groups in total. The van der Waals surface area contributed by atoms with Crippen LogP contribution in [-0.4, -0.2) is 37.2 Å². The first-order chi connectivity index (χ1) is 9.80. The van der Waals surface area contributed by atoms with E-state index < -0.39 is 0 Å². The molecule has 1 aromatic heterocycles. The van der Waals surface area contributed by atoms with E-state index in [1.807, 2.05) is 7.05 Å². The lowest BCUT2D eigenvalue weighted by atomic mass is 9.96. The third-order valence-electron chi connectivity index (χ3n) is 4.07. The number of anilines is 2. The molecule has 5 heteroatoms. The zero-order chi connectivity index (χ0) is 14.4. The third kappa shape index (κ3) is 3.32. The summed E-state index contributed by atoms with van der Waals surface area (Å²) >= 11 is 0. The van der Waals surface area contributed by atoms with Crippen molar-refractivity contribution in [3.63, 3.8) is 0 Å². The molecule has 112 valence electrons. The molecule has 0 amide bonds. The molecule has 1 atom stereocenters. The lowest BCUT2D eigenvalue weighted by Crippen LogP contribution is -2.26. The van der Waals surface area contributed by atoms with Crippen LogP contribution in [0.1, 0.15) is 39.0 Å². The Kier molecular flexibility index (Phi) is 5.44. The van der Waals surface area contributed by atoms with Crippen LogP contribution in [0.2, 0.25) is 0 Å². The van der Waals surface area contributed by atoms with Crippen LogP contribution < -0.4 is 15.0 Å². The normalized spacial score (nSPS) is 19.6. The second-order valence-electron chi connectivity index (χ2n) is 5.40. The van der Waals surface area contributed by atoms with E-state index in [2.05, 4.69) is 27.1 Å². The molecule has 0 aliphatic carbocycles. The predicted octanol–water partition coefficient (Wildman–Crippen LogP) is 2.93. The van der Waals surface area contributed by atoms with Crippen molar-refractivity contribution in [3.8, 4) is 5.75 Å². The molecular weight excluding hydrogens is 252 g/mol. The average molecular weight is 278 g/mol. The summed E-state index contributed by atoms with van der Waals surface area (Å²) in [4.78, 5) is 11.0. The Morgan fingerprint density at radius 1 is 1.35 bits per heavy atom. The maximum absolute atomic E-state index is 5.51. The maximum Gasteiger partial charge on any atom is 0.204 e. The fourth-order valence-corrected chi connectivity index (χ4v) is 3.03. The van der Waals surface area contributed by atoms with Crippen LogP contribution in [0.25, 0.3) is 0 Å². The van der Waals surface area contributed by atoms with Gasteiger partial charge in [-0.25, -0.2) is 9.97 Å². The minimum Gasteiger partial charge on any atom is -0.490 e. The molecule has 5 nitrogen and oxygen atoms in total. The Hall–Kier alpha value is -1.52. The second kappa shape index (κ2) is 7.31. The van der Waals surface area contributed by atoms with Gasteiger partial charge in [-0.2, -0.15) is 0 Å². The van der Waals surface area contributed by atoms with E-state index in [-0.39, 0.29) is 0 Å². The van der Waals surface area contributed by atoms with Crippen molar-refractivity contribution in [2.45, 2.75) is 39.0 Å². The van der Waals surface area contributed by atoms with Crippen molar-refractivity contribution in [2.75, 3.05) is 37.5 Å². The zero-order valence-electron chi connectivity index (χ0n) is 12.9. The summed E-state index contributed by atoms with van der Waals surface area (Å²) in [5.74, 6) is 3.29. The standard InChI is InChI=1S/C15H26N4O/c1-4-6-12-7-5-9-19(10-8-12)15-13(20-3)14(16-2)17-11-18-15/h11-12H,4-10H2,1-3H3,(H,16,17,18). The van der Waals surface area contributed by atoms with Gasteiger partial charge in [0.1, 0.15) is 6.33 Å². The van der Waals surface area contributed by atoms with E-state index in [1.54, 1.807) is 13.4 Å². The van der Waals surface area contributed by atoms with E-state index in [9.17, 15) is 0 Å². The average Bonchev–Trinajstić information content (AvgIpc) is 2.72. The Morgan fingerprint density at radius 2 is 2.20 bits per heavy atom. The fourth-order valence-electron chi connectivity index (χ4n) is 3.03. The van der Waals surface area contributed by atoms with Crippen LogP contribution in [0.4, 0.5) is 11.6 Å². The van der Waals surface area contributed by atoms with Crippen LogP contribution in [0.3, 0.4) is 0 Å². The number of rotatable bonds is 5. The van der Waals surface area contributed by atoms with Crippen molar-refractivity contribution in [3.05, 3.63) is 6.33 Å². The molecule has 0 bridgehead atoms. The number of nitrogens with one attached hydrogen (secondary N) is 1. The molecule has 0 saturated carbocycles. The third-order valence-corrected chi connectivity index (χ3v) is 4.07. The van der Waals surface area contributed by atoms with Gasteiger partial charge in [0.05, 0.1) is 7.11 Å². The van der Waals surface area contributed by atoms with Crippen LogP contribution in [0.15, 0.2) is 6.33 Å². The topological polar surface area (TPSA) is 50.3 Å². The van der Waals surface area contributed by atoms with Crippen molar-refractivity contribution in [1.82, 2.24) is 9.97 Å². The molecule has 2 rings (SSSR count). The Labute approximate surface area is 121 Å². The number of aromatic nitrogens is 2. The van der Waals surface area contributed by atoms with Gasteiger partial charge < -0.3 is 15.0 Å². The minimum absolute atomic E-state index is 0.754. The number of hydrogen-bond acceptors (Lipinski definition) is 5. The van der Waals surface area contributed by atoms with Gasteiger partial charge in [-0.3, -0.25) is 0 Å². The van der Waals surface area contributed by atoms with Gasteiger partial charge in [0, 0.05) is 20.1 Å². The molecular formula is C15H26N4O. The number of hydrogen-bond donors (Lipinski definition) is 1. The highest BCUT2D eigenvalue weighted by Crippen LogP contribution is 2.33. The molecule has 1 aliphatic rings. The van der Waals surface area contributed by atoms with Gasteiger partial charge in [-0.05, 0) is 25.2 Å². The number of ether oxygens (including phenoxy) is 1. The second-order valence-corrected chi connectivity index (χ2v) is 5.40. The summed E-state index contributed by atoms with van der Waals surface area (Å²) in [6.07, 6.45) is 8.04. The van der Waals surface area contributed by atoms with Gasteiger partial charge in [-0.1, -0.05) is 19.8 Å². The summed E-state index contributed by atoms with van der Waals surface area (Å²) in [5, 5.41) is 3.07. The molecule has 20 heavy (non-hydrogen) atoms. The molecule has 1 unspecified atom stereocenters. The van der Waals surface area contributed by atoms with Crippen molar-refractivity contribution < 1.29 is 4.74 Å². The van der Waals surface area contributed by atoms with Crippen LogP contribution in [-0.2, 0) is 0 Å². The van der Waals surface area contributed by atoms with E-state index in [4.69, 9.17) is 4.74 Å². The first-order valence-electron chi connectivity index (χ1n) is 7.61. The number of nitrogens with zero attached hydrogens (tertiary/aromatic N) is 3. The van der Waals surface area contributed by atoms with Crippen LogP contribution in [0.5, 0.6) is 5.75 Å². The smallest absolute Gasteiger partial charge is 0.204 e. The first-order valence-corrected chi connectivity index (χ1v) is 7.61. The highest BCUT2D eigenvalue weighted by Gasteiger charge is 2.21. The highest BCUT2D eigenvalue weighted by atomic mass is 16.5. The quantitative estimate of drug-likeness (QED) is 0.897. The van der Waals surface area contributed by atoms with E-state index in [0.29, 0.717) is 0 Å². The predicted molar refractivity (Wildman–Crippen MR) is 82.6 cm³/mol. The summed E-state index contributed by atoms with van der Waals surface area (Å²) in [6.45, 7) is 4.38. The van der Waals surface area contributed by atoms with Crippen molar-refractivity contribution in [1.29, 1.82) is 0 Å². The molecule has 1 saturated heterocycles. The number of methoxy groups -OCH3 is 1. The van der Waals surface area contributed by atoms with Gasteiger partial charge in [0.2, 0.25) is 5.75 Å². The monoisotopic (exact) mass is 278 g/mol. The molecule has 1 fully saturated rings. The van der Waals surface area contributed by atoms with Crippen molar-refractivity contribution in [2.24, 2.45) is 5.92 Å². The lowest BCUT2D eigenvalue weighted by Gasteiger charge is -2.24. The Balaban J connectivity index is 2.15. The molecule has 0 aromatic carbocycles. The first kappa shape index (κ1) is 14.9. The van der Waals surface area contributed by atoms with Crippen molar-refractivity contribution >= 4 is 11.6 Å². The molecule has 0 radical (unpaired) electrons. The SMILES string of the molecule is CCCC1CCCN(c2ncnc(NC)c2OC)CC1. The van der Waals surface area contributed by atoms with Crippen LogP contribution in [0, 0.1) is 5.92 Å². The fraction of sp³-hybridized carbons (Fsp3) is 0.733. The lowest BCUT2D eigenvalue weighted by molar-refractivity contribution is 0.411.